The lowest BCUT2D eigenvalue weighted by Gasteiger charge is -2.04. The standard InChI is InChI=1S/C12H13N3O/c1-9-6-14-12(15-7-9)16-8-10-2-4-11(13)5-3-10/h2-7H,8,13H2,1H3. The number of nitrogen functional groups attached to an aromatic ring is 1. The van der Waals surface area contributed by atoms with Crippen LogP contribution in [0.5, 0.6) is 6.01 Å². The maximum atomic E-state index is 5.59. The van der Waals surface area contributed by atoms with Crippen LogP contribution >= 0.6 is 0 Å². The van der Waals surface area contributed by atoms with Gasteiger partial charge < -0.3 is 10.5 Å². The molecule has 0 aliphatic heterocycles. The number of nitrogens with two attached hydrogens (primary N) is 1. The first-order valence-corrected chi connectivity index (χ1v) is 5.00. The van der Waals surface area contributed by atoms with Crippen molar-refractivity contribution < 1.29 is 4.74 Å². The van der Waals surface area contributed by atoms with Crippen LogP contribution in [0.25, 0.3) is 0 Å². The molecule has 2 aromatic rings. The summed E-state index contributed by atoms with van der Waals surface area (Å²) in [4.78, 5) is 8.11. The second-order valence-electron chi connectivity index (χ2n) is 3.57. The van der Waals surface area contributed by atoms with Gasteiger partial charge in [0.2, 0.25) is 0 Å². The SMILES string of the molecule is Cc1cnc(OCc2ccc(N)cc2)nc1. The molecule has 2 rings (SSSR count). The molecule has 1 heterocycles. The summed E-state index contributed by atoms with van der Waals surface area (Å²) in [5.41, 5.74) is 8.38. The van der Waals surface area contributed by atoms with Crippen LogP contribution in [0, 0.1) is 6.92 Å². The fourth-order valence-electron chi connectivity index (χ4n) is 1.22. The van der Waals surface area contributed by atoms with Gasteiger partial charge in [0, 0.05) is 18.1 Å². The first-order valence-electron chi connectivity index (χ1n) is 5.00. The second kappa shape index (κ2) is 4.61. The molecule has 0 aliphatic carbocycles. The predicted molar refractivity (Wildman–Crippen MR) is 62.0 cm³/mol. The largest absolute Gasteiger partial charge is 0.459 e. The van der Waals surface area contributed by atoms with E-state index in [4.69, 9.17) is 10.5 Å². The van der Waals surface area contributed by atoms with Crippen molar-refractivity contribution in [3.8, 4) is 6.01 Å². The lowest BCUT2D eigenvalue weighted by atomic mass is 10.2. The molecule has 0 bridgehead atoms. The zero-order chi connectivity index (χ0) is 11.4. The van der Waals surface area contributed by atoms with Gasteiger partial charge in [-0.2, -0.15) is 0 Å². The van der Waals surface area contributed by atoms with Gasteiger partial charge >= 0.3 is 6.01 Å². The molecule has 0 saturated heterocycles. The van der Waals surface area contributed by atoms with Crippen LogP contribution < -0.4 is 10.5 Å². The highest BCUT2D eigenvalue weighted by Gasteiger charge is 1.98. The number of hydrogen-bond donors (Lipinski definition) is 1. The number of nitrogens with zero attached hydrogens (tertiary/aromatic N) is 2. The minimum atomic E-state index is 0.391. The summed E-state index contributed by atoms with van der Waals surface area (Å²) in [6.07, 6.45) is 3.45. The molecule has 0 fully saturated rings. The van der Waals surface area contributed by atoms with Crippen LogP contribution in [0.3, 0.4) is 0 Å². The summed E-state index contributed by atoms with van der Waals surface area (Å²) in [5, 5.41) is 0. The maximum Gasteiger partial charge on any atom is 0.316 e. The Morgan fingerprint density at radius 1 is 1.12 bits per heavy atom. The normalized spacial score (nSPS) is 10.1. The van der Waals surface area contributed by atoms with Crippen LogP contribution in [-0.4, -0.2) is 9.97 Å². The van der Waals surface area contributed by atoms with E-state index in [9.17, 15) is 0 Å². The first-order chi connectivity index (χ1) is 7.74. The summed E-state index contributed by atoms with van der Waals surface area (Å²) in [6.45, 7) is 2.38. The third-order valence-electron chi connectivity index (χ3n) is 2.10. The van der Waals surface area contributed by atoms with E-state index in [-0.39, 0.29) is 0 Å². The van der Waals surface area contributed by atoms with Crippen molar-refractivity contribution in [3.63, 3.8) is 0 Å². The molecule has 0 unspecified atom stereocenters. The highest BCUT2D eigenvalue weighted by molar-refractivity contribution is 5.39. The average Bonchev–Trinajstić information content (AvgIpc) is 2.30. The van der Waals surface area contributed by atoms with Crippen LogP contribution in [0.15, 0.2) is 36.7 Å². The Kier molecular flexibility index (Phi) is 3.00. The molecule has 4 nitrogen and oxygen atoms in total. The smallest absolute Gasteiger partial charge is 0.316 e. The van der Waals surface area contributed by atoms with Gasteiger partial charge in [-0.1, -0.05) is 12.1 Å². The molecular weight excluding hydrogens is 202 g/mol. The Morgan fingerprint density at radius 2 is 1.75 bits per heavy atom. The Hall–Kier alpha value is -2.10. The van der Waals surface area contributed by atoms with Gasteiger partial charge in [0.1, 0.15) is 6.61 Å². The zero-order valence-corrected chi connectivity index (χ0v) is 9.05. The Bertz CT molecular complexity index is 405. The van der Waals surface area contributed by atoms with Gasteiger partial charge in [0.15, 0.2) is 0 Å². The fourth-order valence-corrected chi connectivity index (χ4v) is 1.22. The monoisotopic (exact) mass is 215 g/mol. The maximum absolute atomic E-state index is 5.59. The average molecular weight is 215 g/mol. The molecule has 0 aliphatic rings. The third kappa shape index (κ3) is 2.70. The molecule has 4 heteroatoms. The van der Waals surface area contributed by atoms with E-state index < -0.39 is 0 Å². The Balaban J connectivity index is 1.97. The third-order valence-corrected chi connectivity index (χ3v) is 2.10. The van der Waals surface area contributed by atoms with Crippen molar-refractivity contribution in [3.05, 3.63) is 47.8 Å². The van der Waals surface area contributed by atoms with Crippen molar-refractivity contribution in [2.45, 2.75) is 13.5 Å². The van der Waals surface area contributed by atoms with Crippen LogP contribution in [0.2, 0.25) is 0 Å². The van der Waals surface area contributed by atoms with Gasteiger partial charge in [-0.15, -0.1) is 0 Å². The molecule has 82 valence electrons. The highest BCUT2D eigenvalue weighted by atomic mass is 16.5. The van der Waals surface area contributed by atoms with Crippen molar-refractivity contribution in [2.75, 3.05) is 5.73 Å². The molecule has 16 heavy (non-hydrogen) atoms. The van der Waals surface area contributed by atoms with Crippen molar-refractivity contribution >= 4 is 5.69 Å². The van der Waals surface area contributed by atoms with Gasteiger partial charge in [-0.05, 0) is 30.2 Å². The van der Waals surface area contributed by atoms with E-state index in [1.807, 2.05) is 31.2 Å². The first kappa shape index (κ1) is 10.4. The van der Waals surface area contributed by atoms with Crippen LogP contribution in [0.1, 0.15) is 11.1 Å². The quantitative estimate of drug-likeness (QED) is 0.795. The molecule has 0 spiro atoms. The van der Waals surface area contributed by atoms with Gasteiger partial charge in [0.25, 0.3) is 0 Å². The minimum Gasteiger partial charge on any atom is -0.459 e. The van der Waals surface area contributed by atoms with Crippen LogP contribution in [0.4, 0.5) is 5.69 Å². The minimum absolute atomic E-state index is 0.391. The summed E-state index contributed by atoms with van der Waals surface area (Å²) >= 11 is 0. The van der Waals surface area contributed by atoms with Crippen molar-refractivity contribution in [2.24, 2.45) is 0 Å². The number of aryl methyl sites for hydroxylation is 1. The molecule has 0 saturated carbocycles. The fraction of sp³-hybridized carbons (Fsp3) is 0.167. The molecule has 0 amide bonds. The van der Waals surface area contributed by atoms with E-state index in [0.717, 1.165) is 16.8 Å². The highest BCUT2D eigenvalue weighted by Crippen LogP contribution is 2.08. The number of hydrogen-bond acceptors (Lipinski definition) is 4. The van der Waals surface area contributed by atoms with E-state index >= 15 is 0 Å². The molecular formula is C12H13N3O. The molecule has 1 aromatic carbocycles. The molecule has 1 aromatic heterocycles. The van der Waals surface area contributed by atoms with E-state index in [2.05, 4.69) is 9.97 Å². The van der Waals surface area contributed by atoms with Crippen molar-refractivity contribution in [1.82, 2.24) is 9.97 Å². The van der Waals surface area contributed by atoms with Crippen LogP contribution in [-0.2, 0) is 6.61 Å². The van der Waals surface area contributed by atoms with E-state index in [1.54, 1.807) is 12.4 Å². The number of anilines is 1. The summed E-state index contributed by atoms with van der Waals surface area (Å²) in [7, 11) is 0. The van der Waals surface area contributed by atoms with Gasteiger partial charge in [-0.3, -0.25) is 0 Å². The zero-order valence-electron chi connectivity index (χ0n) is 9.05. The summed E-state index contributed by atoms with van der Waals surface area (Å²) in [6, 6.07) is 7.92. The summed E-state index contributed by atoms with van der Waals surface area (Å²) < 4.78 is 5.42. The Labute approximate surface area is 94.1 Å². The number of rotatable bonds is 3. The van der Waals surface area contributed by atoms with E-state index in [0.29, 0.717) is 12.6 Å². The van der Waals surface area contributed by atoms with E-state index in [1.165, 1.54) is 0 Å². The predicted octanol–water partition coefficient (Wildman–Crippen LogP) is 1.95. The van der Waals surface area contributed by atoms with Crippen molar-refractivity contribution in [1.29, 1.82) is 0 Å². The number of benzene rings is 1. The van der Waals surface area contributed by atoms with Gasteiger partial charge in [0.05, 0.1) is 0 Å². The topological polar surface area (TPSA) is 61.0 Å². The molecule has 2 N–H and O–H groups in total. The second-order valence-corrected chi connectivity index (χ2v) is 3.57. The lowest BCUT2D eigenvalue weighted by Crippen LogP contribution is -1.99. The molecule has 0 radical (unpaired) electrons. The molecule has 0 atom stereocenters. The lowest BCUT2D eigenvalue weighted by molar-refractivity contribution is 0.280. The van der Waals surface area contributed by atoms with Gasteiger partial charge in [-0.25, -0.2) is 9.97 Å². The summed E-state index contributed by atoms with van der Waals surface area (Å²) in [5.74, 6) is 0. The number of aromatic nitrogens is 2. The number of ether oxygens (including phenoxy) is 1. The Morgan fingerprint density at radius 3 is 2.38 bits per heavy atom.